The lowest BCUT2D eigenvalue weighted by molar-refractivity contribution is 0.0707. The SMILES string of the molecule is CNC1CCN(C(=O)c2cccc(S(=O)(=O)NCc3ccccc3)c2)CC1.Cl. The molecule has 1 saturated heterocycles. The van der Waals surface area contributed by atoms with E-state index in [1.54, 1.807) is 17.0 Å². The Bertz CT molecular complexity index is 883. The lowest BCUT2D eigenvalue weighted by atomic mass is 10.0. The summed E-state index contributed by atoms with van der Waals surface area (Å²) in [6.45, 7) is 1.56. The lowest BCUT2D eigenvalue weighted by Gasteiger charge is -2.31. The fraction of sp³-hybridized carbons (Fsp3) is 0.350. The molecular formula is C20H26ClN3O3S. The normalized spacial score (nSPS) is 15.1. The molecule has 1 heterocycles. The van der Waals surface area contributed by atoms with Crippen LogP contribution >= 0.6 is 12.4 Å². The van der Waals surface area contributed by atoms with Gasteiger partial charge in [-0.15, -0.1) is 12.4 Å². The maximum absolute atomic E-state index is 12.7. The zero-order valence-electron chi connectivity index (χ0n) is 15.8. The number of hydrogen-bond donors (Lipinski definition) is 2. The first-order chi connectivity index (χ1) is 13.0. The number of carbonyl (C=O) groups excluding carboxylic acids is 1. The molecule has 2 aromatic rings. The minimum Gasteiger partial charge on any atom is -0.339 e. The van der Waals surface area contributed by atoms with Gasteiger partial charge in [-0.1, -0.05) is 36.4 Å². The summed E-state index contributed by atoms with van der Waals surface area (Å²) in [7, 11) is -1.76. The maximum Gasteiger partial charge on any atom is 0.253 e. The summed E-state index contributed by atoms with van der Waals surface area (Å²) in [6, 6.07) is 16.0. The molecule has 0 saturated carbocycles. The van der Waals surface area contributed by atoms with Crippen molar-refractivity contribution in [3.63, 3.8) is 0 Å². The lowest BCUT2D eigenvalue weighted by Crippen LogP contribution is -2.44. The van der Waals surface area contributed by atoms with Crippen LogP contribution in [0.25, 0.3) is 0 Å². The quantitative estimate of drug-likeness (QED) is 0.747. The van der Waals surface area contributed by atoms with E-state index in [1.807, 2.05) is 37.4 Å². The highest BCUT2D eigenvalue weighted by molar-refractivity contribution is 7.89. The molecule has 0 aliphatic carbocycles. The van der Waals surface area contributed by atoms with Crippen LogP contribution in [0.4, 0.5) is 0 Å². The van der Waals surface area contributed by atoms with E-state index in [0.717, 1.165) is 18.4 Å². The van der Waals surface area contributed by atoms with Crippen LogP contribution in [0, 0.1) is 0 Å². The van der Waals surface area contributed by atoms with Crippen LogP contribution in [0.3, 0.4) is 0 Å². The van der Waals surface area contributed by atoms with E-state index in [-0.39, 0.29) is 29.8 Å². The zero-order chi connectivity index (χ0) is 19.3. The van der Waals surface area contributed by atoms with Crippen LogP contribution in [0.15, 0.2) is 59.5 Å². The van der Waals surface area contributed by atoms with Crippen molar-refractivity contribution in [1.29, 1.82) is 0 Å². The van der Waals surface area contributed by atoms with Crippen molar-refractivity contribution in [2.45, 2.75) is 30.3 Å². The van der Waals surface area contributed by atoms with Crippen molar-refractivity contribution >= 4 is 28.3 Å². The van der Waals surface area contributed by atoms with Gasteiger partial charge in [0.1, 0.15) is 0 Å². The summed E-state index contributed by atoms with van der Waals surface area (Å²) in [5, 5.41) is 3.23. The highest BCUT2D eigenvalue weighted by atomic mass is 35.5. The number of sulfonamides is 1. The second-order valence-electron chi connectivity index (χ2n) is 6.69. The number of carbonyl (C=O) groups is 1. The van der Waals surface area contributed by atoms with E-state index in [0.29, 0.717) is 24.7 Å². The van der Waals surface area contributed by atoms with Gasteiger partial charge in [0.15, 0.2) is 0 Å². The van der Waals surface area contributed by atoms with Crippen molar-refractivity contribution in [3.8, 4) is 0 Å². The Morgan fingerprint density at radius 2 is 1.75 bits per heavy atom. The van der Waals surface area contributed by atoms with Crippen LogP contribution in [0.1, 0.15) is 28.8 Å². The van der Waals surface area contributed by atoms with E-state index < -0.39 is 10.0 Å². The number of benzene rings is 2. The molecule has 28 heavy (non-hydrogen) atoms. The highest BCUT2D eigenvalue weighted by Gasteiger charge is 2.24. The molecule has 0 bridgehead atoms. The molecule has 0 unspecified atom stereocenters. The predicted molar refractivity (Wildman–Crippen MR) is 112 cm³/mol. The van der Waals surface area contributed by atoms with Gasteiger partial charge in [-0.3, -0.25) is 4.79 Å². The first-order valence-corrected chi connectivity index (χ1v) is 10.6. The average Bonchev–Trinajstić information content (AvgIpc) is 2.73. The van der Waals surface area contributed by atoms with Gasteiger partial charge in [0, 0.05) is 31.2 Å². The molecule has 3 rings (SSSR count). The van der Waals surface area contributed by atoms with Gasteiger partial charge in [0.2, 0.25) is 10.0 Å². The smallest absolute Gasteiger partial charge is 0.253 e. The molecule has 0 atom stereocenters. The van der Waals surface area contributed by atoms with E-state index in [1.165, 1.54) is 12.1 Å². The Morgan fingerprint density at radius 1 is 1.07 bits per heavy atom. The molecule has 2 aromatic carbocycles. The summed E-state index contributed by atoms with van der Waals surface area (Å²) in [6.07, 6.45) is 1.80. The molecule has 1 aliphatic rings. The maximum atomic E-state index is 12.7. The Morgan fingerprint density at radius 3 is 2.39 bits per heavy atom. The highest BCUT2D eigenvalue weighted by Crippen LogP contribution is 2.17. The van der Waals surface area contributed by atoms with Gasteiger partial charge in [-0.05, 0) is 43.7 Å². The second kappa shape index (κ2) is 10.0. The Balaban J connectivity index is 0.00000280. The second-order valence-corrected chi connectivity index (χ2v) is 8.46. The van der Waals surface area contributed by atoms with Crippen molar-refractivity contribution in [1.82, 2.24) is 14.9 Å². The Kier molecular flexibility index (Phi) is 8.00. The van der Waals surface area contributed by atoms with Crippen molar-refractivity contribution in [2.75, 3.05) is 20.1 Å². The summed E-state index contributed by atoms with van der Waals surface area (Å²) < 4.78 is 27.8. The van der Waals surface area contributed by atoms with Gasteiger partial charge in [0.05, 0.1) is 4.90 Å². The minimum atomic E-state index is -3.69. The third kappa shape index (κ3) is 5.54. The summed E-state index contributed by atoms with van der Waals surface area (Å²) in [4.78, 5) is 14.6. The molecule has 0 spiro atoms. The monoisotopic (exact) mass is 423 g/mol. The van der Waals surface area contributed by atoms with Crippen molar-refractivity contribution < 1.29 is 13.2 Å². The fourth-order valence-electron chi connectivity index (χ4n) is 3.21. The summed E-state index contributed by atoms with van der Waals surface area (Å²) in [5.74, 6) is -0.121. The number of nitrogens with zero attached hydrogens (tertiary/aromatic N) is 1. The van der Waals surface area contributed by atoms with Gasteiger partial charge in [-0.25, -0.2) is 13.1 Å². The minimum absolute atomic E-state index is 0. The van der Waals surface area contributed by atoms with Crippen LogP contribution in [0.5, 0.6) is 0 Å². The molecular weight excluding hydrogens is 398 g/mol. The molecule has 8 heteroatoms. The summed E-state index contributed by atoms with van der Waals surface area (Å²) >= 11 is 0. The molecule has 2 N–H and O–H groups in total. The van der Waals surface area contributed by atoms with Crippen molar-refractivity contribution in [2.24, 2.45) is 0 Å². The van der Waals surface area contributed by atoms with E-state index >= 15 is 0 Å². The third-order valence-electron chi connectivity index (χ3n) is 4.89. The number of amides is 1. The molecule has 0 aromatic heterocycles. The van der Waals surface area contributed by atoms with E-state index in [9.17, 15) is 13.2 Å². The number of piperidine rings is 1. The third-order valence-corrected chi connectivity index (χ3v) is 6.29. The van der Waals surface area contributed by atoms with E-state index in [2.05, 4.69) is 10.0 Å². The number of halogens is 1. The Labute approximate surface area is 172 Å². The van der Waals surface area contributed by atoms with Gasteiger partial charge in [0.25, 0.3) is 5.91 Å². The molecule has 1 aliphatic heterocycles. The topological polar surface area (TPSA) is 78.5 Å². The first kappa shape index (κ1) is 22.4. The fourth-order valence-corrected chi connectivity index (χ4v) is 4.27. The molecule has 6 nitrogen and oxygen atoms in total. The Hall–Kier alpha value is -1.93. The van der Waals surface area contributed by atoms with Gasteiger partial charge in [-0.2, -0.15) is 0 Å². The average molecular weight is 424 g/mol. The standard InChI is InChI=1S/C20H25N3O3S.ClH/c1-21-18-10-12-23(13-11-18)20(24)17-8-5-9-19(14-17)27(25,26)22-15-16-6-3-2-4-7-16;/h2-9,14,18,21-22H,10-13,15H2,1H3;1H. The van der Waals surface area contributed by atoms with Crippen LogP contribution in [-0.2, 0) is 16.6 Å². The van der Waals surface area contributed by atoms with Gasteiger partial charge < -0.3 is 10.2 Å². The van der Waals surface area contributed by atoms with Crippen LogP contribution in [0.2, 0.25) is 0 Å². The van der Waals surface area contributed by atoms with E-state index in [4.69, 9.17) is 0 Å². The van der Waals surface area contributed by atoms with Crippen molar-refractivity contribution in [3.05, 3.63) is 65.7 Å². The number of likely N-dealkylation sites (tertiary alicyclic amines) is 1. The first-order valence-electron chi connectivity index (χ1n) is 9.10. The number of hydrogen-bond acceptors (Lipinski definition) is 4. The molecule has 0 radical (unpaired) electrons. The predicted octanol–water partition coefficient (Wildman–Crippen LogP) is 2.41. The molecule has 1 fully saturated rings. The number of nitrogens with one attached hydrogen (secondary N) is 2. The van der Waals surface area contributed by atoms with Crippen LogP contribution in [-0.4, -0.2) is 45.4 Å². The number of rotatable bonds is 6. The summed E-state index contributed by atoms with van der Waals surface area (Å²) in [5.41, 5.74) is 1.28. The largest absolute Gasteiger partial charge is 0.339 e. The molecule has 1 amide bonds. The molecule has 152 valence electrons. The van der Waals surface area contributed by atoms with Gasteiger partial charge >= 0.3 is 0 Å². The van der Waals surface area contributed by atoms with Crippen LogP contribution < -0.4 is 10.0 Å². The zero-order valence-corrected chi connectivity index (χ0v) is 17.4.